The summed E-state index contributed by atoms with van der Waals surface area (Å²) in [6.45, 7) is 3.98. The second-order valence-corrected chi connectivity index (χ2v) is 3.09. The first-order chi connectivity index (χ1) is 6.49. The van der Waals surface area contributed by atoms with Gasteiger partial charge in [0.05, 0.1) is 0 Å². The number of carboxylic acid groups (broad SMARTS) is 1. The van der Waals surface area contributed by atoms with Crippen molar-refractivity contribution in [1.82, 2.24) is 4.90 Å². The van der Waals surface area contributed by atoms with Crippen molar-refractivity contribution in [2.75, 3.05) is 13.6 Å². The highest BCUT2D eigenvalue weighted by atomic mass is 16.4. The van der Waals surface area contributed by atoms with Crippen LogP contribution in [0.4, 0.5) is 0 Å². The highest BCUT2D eigenvalue weighted by Crippen LogP contribution is 2.05. The highest BCUT2D eigenvalue weighted by molar-refractivity contribution is 5.77. The lowest BCUT2D eigenvalue weighted by atomic mass is 10.1. The molecule has 0 aliphatic carbocycles. The number of nitrogens with zero attached hydrogens (tertiary/aromatic N) is 1. The van der Waals surface area contributed by atoms with Gasteiger partial charge in [-0.1, -0.05) is 6.08 Å². The molecule has 0 aromatic heterocycles. The normalized spacial score (nSPS) is 12.4. The van der Waals surface area contributed by atoms with Crippen LogP contribution in [0.25, 0.3) is 0 Å². The second kappa shape index (κ2) is 6.15. The van der Waals surface area contributed by atoms with Crippen molar-refractivity contribution in [2.45, 2.75) is 18.9 Å². The summed E-state index contributed by atoms with van der Waals surface area (Å²) in [5.41, 5.74) is 4.94. The maximum absolute atomic E-state index is 10.8. The summed E-state index contributed by atoms with van der Waals surface area (Å²) in [5, 5.41) is 8.86. The van der Waals surface area contributed by atoms with Crippen LogP contribution in [0.1, 0.15) is 12.8 Å². The minimum absolute atomic E-state index is 0.0818. The molecule has 14 heavy (non-hydrogen) atoms. The number of carbonyl (C=O) groups excluding carboxylic acids is 1. The van der Waals surface area contributed by atoms with Gasteiger partial charge in [-0.2, -0.15) is 0 Å². The van der Waals surface area contributed by atoms with Gasteiger partial charge in [-0.15, -0.1) is 6.58 Å². The molecule has 5 heteroatoms. The largest absolute Gasteiger partial charge is 0.480 e. The van der Waals surface area contributed by atoms with Crippen molar-refractivity contribution >= 4 is 11.9 Å². The molecule has 0 radical (unpaired) electrons. The summed E-state index contributed by atoms with van der Waals surface area (Å²) in [6.07, 6.45) is 1.92. The maximum Gasteiger partial charge on any atom is 0.320 e. The zero-order valence-electron chi connectivity index (χ0n) is 8.27. The van der Waals surface area contributed by atoms with Gasteiger partial charge in [0.2, 0.25) is 5.91 Å². The van der Waals surface area contributed by atoms with Gasteiger partial charge in [0.15, 0.2) is 0 Å². The molecular formula is C9H16N2O3. The molecule has 0 aromatic carbocycles. The third-order valence-electron chi connectivity index (χ3n) is 1.90. The van der Waals surface area contributed by atoms with Gasteiger partial charge < -0.3 is 10.8 Å². The molecule has 80 valence electrons. The predicted octanol–water partition coefficient (Wildman–Crippen LogP) is -0.177. The van der Waals surface area contributed by atoms with Crippen molar-refractivity contribution in [3.63, 3.8) is 0 Å². The Bertz CT molecular complexity index is 228. The molecule has 0 saturated carbocycles. The second-order valence-electron chi connectivity index (χ2n) is 3.09. The van der Waals surface area contributed by atoms with E-state index in [0.717, 1.165) is 0 Å². The molecule has 1 atom stereocenters. The standard InChI is InChI=1S/C9H16N2O3/c1-3-6-11(2)7(9(13)14)4-5-8(10)12/h3,7H,1,4-6H2,2H3,(H2,10,12)(H,13,14)/t7-/m1/s1. The van der Waals surface area contributed by atoms with E-state index in [1.165, 1.54) is 0 Å². The van der Waals surface area contributed by atoms with Crippen molar-refractivity contribution < 1.29 is 14.7 Å². The molecule has 0 spiro atoms. The van der Waals surface area contributed by atoms with Crippen LogP contribution in [-0.4, -0.2) is 41.5 Å². The fourth-order valence-electron chi connectivity index (χ4n) is 1.14. The number of carbonyl (C=O) groups is 2. The molecule has 0 rings (SSSR count). The number of hydrogen-bond donors (Lipinski definition) is 2. The molecule has 0 unspecified atom stereocenters. The molecule has 0 saturated heterocycles. The van der Waals surface area contributed by atoms with Crippen LogP contribution in [0.3, 0.4) is 0 Å². The van der Waals surface area contributed by atoms with Crippen LogP contribution in [0, 0.1) is 0 Å². The SMILES string of the molecule is C=CCN(C)[C@H](CCC(N)=O)C(=O)O. The van der Waals surface area contributed by atoms with Crippen molar-refractivity contribution in [3.05, 3.63) is 12.7 Å². The van der Waals surface area contributed by atoms with E-state index in [-0.39, 0.29) is 12.8 Å². The van der Waals surface area contributed by atoms with Gasteiger partial charge in [0, 0.05) is 13.0 Å². The molecule has 0 fully saturated rings. The number of carboxylic acids is 1. The monoisotopic (exact) mass is 200 g/mol. The number of likely N-dealkylation sites (N-methyl/N-ethyl adjacent to an activating group) is 1. The quantitative estimate of drug-likeness (QED) is 0.558. The third kappa shape index (κ3) is 4.61. The van der Waals surface area contributed by atoms with Crippen LogP contribution in [0.15, 0.2) is 12.7 Å². The van der Waals surface area contributed by atoms with E-state index in [4.69, 9.17) is 10.8 Å². The Hall–Kier alpha value is -1.36. The van der Waals surface area contributed by atoms with Crippen molar-refractivity contribution in [2.24, 2.45) is 5.73 Å². The average molecular weight is 200 g/mol. The van der Waals surface area contributed by atoms with E-state index in [0.29, 0.717) is 6.54 Å². The molecular weight excluding hydrogens is 184 g/mol. The van der Waals surface area contributed by atoms with Crippen molar-refractivity contribution in [3.8, 4) is 0 Å². The number of rotatable bonds is 7. The van der Waals surface area contributed by atoms with E-state index in [2.05, 4.69) is 6.58 Å². The fourth-order valence-corrected chi connectivity index (χ4v) is 1.14. The topological polar surface area (TPSA) is 83.6 Å². The van der Waals surface area contributed by atoms with Crippen molar-refractivity contribution in [1.29, 1.82) is 0 Å². The fraction of sp³-hybridized carbons (Fsp3) is 0.556. The molecule has 1 amide bonds. The first-order valence-electron chi connectivity index (χ1n) is 4.31. The highest BCUT2D eigenvalue weighted by Gasteiger charge is 2.21. The Morgan fingerprint density at radius 2 is 2.21 bits per heavy atom. The van der Waals surface area contributed by atoms with Gasteiger partial charge in [0.25, 0.3) is 0 Å². The predicted molar refractivity (Wildman–Crippen MR) is 52.7 cm³/mol. The molecule has 5 nitrogen and oxygen atoms in total. The van der Waals surface area contributed by atoms with E-state index in [1.54, 1.807) is 18.0 Å². The zero-order chi connectivity index (χ0) is 11.1. The van der Waals surface area contributed by atoms with Gasteiger partial charge in [-0.3, -0.25) is 14.5 Å². The third-order valence-corrected chi connectivity index (χ3v) is 1.90. The number of amides is 1. The molecule has 0 bridgehead atoms. The first kappa shape index (κ1) is 12.6. The minimum atomic E-state index is -0.949. The molecule has 0 aromatic rings. The van der Waals surface area contributed by atoms with Gasteiger partial charge in [-0.25, -0.2) is 0 Å². The molecule has 3 N–H and O–H groups in total. The van der Waals surface area contributed by atoms with E-state index in [1.807, 2.05) is 0 Å². The smallest absolute Gasteiger partial charge is 0.320 e. The Morgan fingerprint density at radius 1 is 1.64 bits per heavy atom. The van der Waals surface area contributed by atoms with Crippen LogP contribution >= 0.6 is 0 Å². The molecule has 0 heterocycles. The number of primary amides is 1. The van der Waals surface area contributed by atoms with Gasteiger partial charge in [0.1, 0.15) is 6.04 Å². The number of nitrogens with two attached hydrogens (primary N) is 1. The summed E-state index contributed by atoms with van der Waals surface area (Å²) in [7, 11) is 1.67. The van der Waals surface area contributed by atoms with Crippen LogP contribution in [-0.2, 0) is 9.59 Å². The van der Waals surface area contributed by atoms with Crippen LogP contribution in [0.2, 0.25) is 0 Å². The van der Waals surface area contributed by atoms with E-state index >= 15 is 0 Å². The number of aliphatic carboxylic acids is 1. The lowest BCUT2D eigenvalue weighted by Crippen LogP contribution is -2.39. The summed E-state index contributed by atoms with van der Waals surface area (Å²) in [6, 6.07) is -0.680. The Morgan fingerprint density at radius 3 is 2.57 bits per heavy atom. The summed E-state index contributed by atoms with van der Waals surface area (Å²) in [5.74, 6) is -1.43. The van der Waals surface area contributed by atoms with E-state index in [9.17, 15) is 9.59 Å². The Kier molecular flexibility index (Phi) is 5.55. The summed E-state index contributed by atoms with van der Waals surface area (Å²) >= 11 is 0. The maximum atomic E-state index is 10.8. The lowest BCUT2D eigenvalue weighted by molar-refractivity contribution is -0.142. The van der Waals surface area contributed by atoms with E-state index < -0.39 is 17.9 Å². The molecule has 0 aliphatic heterocycles. The summed E-state index contributed by atoms with van der Waals surface area (Å²) < 4.78 is 0. The first-order valence-corrected chi connectivity index (χ1v) is 4.31. The summed E-state index contributed by atoms with van der Waals surface area (Å²) in [4.78, 5) is 22.9. The minimum Gasteiger partial charge on any atom is -0.480 e. The lowest BCUT2D eigenvalue weighted by Gasteiger charge is -2.22. The number of hydrogen-bond acceptors (Lipinski definition) is 3. The van der Waals surface area contributed by atoms with Crippen LogP contribution < -0.4 is 5.73 Å². The zero-order valence-corrected chi connectivity index (χ0v) is 8.27. The van der Waals surface area contributed by atoms with Crippen LogP contribution in [0.5, 0.6) is 0 Å². The van der Waals surface area contributed by atoms with Gasteiger partial charge in [-0.05, 0) is 13.5 Å². The Balaban J connectivity index is 4.20. The van der Waals surface area contributed by atoms with Gasteiger partial charge >= 0.3 is 5.97 Å². The molecule has 0 aliphatic rings. The average Bonchev–Trinajstić information content (AvgIpc) is 2.03. The Labute approximate surface area is 83.2 Å².